The van der Waals surface area contributed by atoms with Crippen molar-refractivity contribution < 1.29 is 36.6 Å². The number of ether oxygens (including phenoxy) is 3. The molecule has 1 aliphatic heterocycles. The minimum atomic E-state index is -4.50. The number of carbonyl (C=O) groups is 1. The van der Waals surface area contributed by atoms with Crippen LogP contribution in [-0.4, -0.2) is 67.9 Å². The Morgan fingerprint density at radius 2 is 2.14 bits per heavy atom. The summed E-state index contributed by atoms with van der Waals surface area (Å²) in [6, 6.07) is 2.99. The average Bonchev–Trinajstić information content (AvgIpc) is 3.48. The lowest BCUT2D eigenvalue weighted by atomic mass is 9.50. The molecular weight excluding hydrogens is 490 g/mol. The Bertz CT molecular complexity index is 1280. The Morgan fingerprint density at radius 3 is 2.86 bits per heavy atom. The van der Waals surface area contributed by atoms with Crippen molar-refractivity contribution in [2.75, 3.05) is 18.5 Å². The first-order valence-corrected chi connectivity index (χ1v) is 11.3. The lowest BCUT2D eigenvalue weighted by molar-refractivity contribution is -0.154. The van der Waals surface area contributed by atoms with Gasteiger partial charge < -0.3 is 24.8 Å². The van der Waals surface area contributed by atoms with E-state index in [1.54, 1.807) is 0 Å². The number of hydrogen-bond acceptors (Lipinski definition) is 8. The van der Waals surface area contributed by atoms with Crippen LogP contribution in [0.2, 0.25) is 0 Å². The van der Waals surface area contributed by atoms with Gasteiger partial charge in [-0.2, -0.15) is 23.3 Å². The van der Waals surface area contributed by atoms with E-state index in [-0.39, 0.29) is 29.8 Å². The van der Waals surface area contributed by atoms with Crippen LogP contribution in [0.5, 0.6) is 5.88 Å². The van der Waals surface area contributed by atoms with E-state index in [0.29, 0.717) is 17.3 Å². The molecule has 3 aromatic heterocycles. The van der Waals surface area contributed by atoms with Gasteiger partial charge in [-0.3, -0.25) is 9.50 Å². The molecule has 3 aliphatic carbocycles. The molecular formula is C21H21F4N7O4. The van der Waals surface area contributed by atoms with Gasteiger partial charge >= 0.3 is 12.3 Å². The fourth-order valence-corrected chi connectivity index (χ4v) is 4.83. The van der Waals surface area contributed by atoms with Crippen molar-refractivity contribution in [3.8, 4) is 5.88 Å². The lowest BCUT2D eigenvalue weighted by Gasteiger charge is -2.61. The van der Waals surface area contributed by atoms with Crippen LogP contribution in [-0.2, 0) is 9.47 Å². The van der Waals surface area contributed by atoms with Crippen molar-refractivity contribution in [1.82, 2.24) is 29.9 Å². The zero-order valence-electron chi connectivity index (χ0n) is 18.6. The molecule has 4 fully saturated rings. The smallest absolute Gasteiger partial charge is 0.422 e. The van der Waals surface area contributed by atoms with E-state index in [0.717, 1.165) is 19.3 Å². The number of nitrogens with zero attached hydrogens (tertiary/aromatic N) is 4. The first-order chi connectivity index (χ1) is 17.2. The van der Waals surface area contributed by atoms with E-state index >= 15 is 4.39 Å². The van der Waals surface area contributed by atoms with Gasteiger partial charge in [0.2, 0.25) is 11.8 Å². The van der Waals surface area contributed by atoms with Gasteiger partial charge in [-0.15, -0.1) is 0 Å². The van der Waals surface area contributed by atoms with Crippen LogP contribution in [0.15, 0.2) is 24.5 Å². The molecule has 7 rings (SSSR count). The molecule has 36 heavy (non-hydrogen) atoms. The summed E-state index contributed by atoms with van der Waals surface area (Å²) in [5.41, 5.74) is 0.428. The third-order valence-corrected chi connectivity index (χ3v) is 6.64. The van der Waals surface area contributed by atoms with E-state index in [2.05, 4.69) is 35.5 Å². The number of rotatable bonds is 7. The number of aromatic amines is 1. The molecule has 3 N–H and O–H groups in total. The number of amides is 1. The number of carbonyl (C=O) groups excluding carboxylic acids is 1. The number of imidazole rings is 1. The second kappa shape index (κ2) is 8.21. The van der Waals surface area contributed by atoms with Gasteiger partial charge in [0, 0.05) is 17.8 Å². The molecule has 15 heteroatoms. The molecule has 3 saturated carbocycles. The first kappa shape index (κ1) is 22.8. The highest BCUT2D eigenvalue weighted by atomic mass is 19.4. The minimum absolute atomic E-state index is 0.104. The zero-order valence-corrected chi connectivity index (χ0v) is 18.6. The standard InChI is InChI=1S/C21H21F4N7O4/c22-16-12(36-19(33)29-20-4-10(5-20)6-20)8-34-17(16)11-3-13(31-30-11)27-18-26-2-1-14-28-15(7-32(14)18)35-9-21(23,24)25/h1-3,7,10,12,16-17H,4-6,8-9H2,(H,29,33)(H2,26,27,30,31)/t10?,12-,16+,17-,20?/m1/s1. The van der Waals surface area contributed by atoms with E-state index in [9.17, 15) is 18.0 Å². The van der Waals surface area contributed by atoms with Crippen LogP contribution < -0.4 is 15.4 Å². The highest BCUT2D eigenvalue weighted by Gasteiger charge is 2.58. The number of nitrogens with one attached hydrogen (secondary N) is 3. The topological polar surface area (TPSA) is 128 Å². The summed E-state index contributed by atoms with van der Waals surface area (Å²) in [7, 11) is 0. The highest BCUT2D eigenvalue weighted by Crippen LogP contribution is 2.57. The number of alkyl halides is 4. The van der Waals surface area contributed by atoms with E-state index in [4.69, 9.17) is 9.47 Å². The fraction of sp³-hybridized carbons (Fsp3) is 0.524. The van der Waals surface area contributed by atoms with Crippen LogP contribution in [0.1, 0.15) is 31.1 Å². The maximum absolute atomic E-state index is 15.0. The summed E-state index contributed by atoms with van der Waals surface area (Å²) < 4.78 is 69.2. The van der Waals surface area contributed by atoms with Gasteiger partial charge in [0.05, 0.1) is 18.5 Å². The largest absolute Gasteiger partial charge is 0.467 e. The van der Waals surface area contributed by atoms with Gasteiger partial charge in [0.1, 0.15) is 11.8 Å². The average molecular weight is 511 g/mol. The summed E-state index contributed by atoms with van der Waals surface area (Å²) >= 11 is 0. The molecule has 0 spiro atoms. The number of aromatic nitrogens is 5. The molecule has 1 amide bonds. The molecule has 11 nitrogen and oxygen atoms in total. The number of halogens is 4. The van der Waals surface area contributed by atoms with Crippen LogP contribution in [0.25, 0.3) is 5.65 Å². The highest BCUT2D eigenvalue weighted by molar-refractivity contribution is 5.69. The van der Waals surface area contributed by atoms with Gasteiger partial charge in [-0.05, 0) is 31.2 Å². The molecule has 0 unspecified atom stereocenters. The molecule has 3 atom stereocenters. The van der Waals surface area contributed by atoms with Gasteiger partial charge in [-0.1, -0.05) is 0 Å². The monoisotopic (exact) mass is 511 g/mol. The third kappa shape index (κ3) is 4.27. The molecule has 192 valence electrons. The van der Waals surface area contributed by atoms with Crippen molar-refractivity contribution in [2.45, 2.75) is 49.4 Å². The Morgan fingerprint density at radius 1 is 1.33 bits per heavy atom. The van der Waals surface area contributed by atoms with Crippen LogP contribution in [0, 0.1) is 5.92 Å². The maximum Gasteiger partial charge on any atom is 0.422 e. The second-order valence-electron chi connectivity index (χ2n) is 9.34. The molecule has 2 bridgehead atoms. The van der Waals surface area contributed by atoms with E-state index < -0.39 is 37.3 Å². The lowest BCUT2D eigenvalue weighted by Crippen LogP contribution is -2.68. The molecule has 0 radical (unpaired) electrons. The summed E-state index contributed by atoms with van der Waals surface area (Å²) in [5, 5.41) is 12.5. The zero-order chi connectivity index (χ0) is 25.1. The number of H-pyrrole nitrogens is 1. The summed E-state index contributed by atoms with van der Waals surface area (Å²) in [5.74, 6) is 0.894. The van der Waals surface area contributed by atoms with Gasteiger partial charge in [0.25, 0.3) is 0 Å². The second-order valence-corrected chi connectivity index (χ2v) is 9.34. The Kier molecular flexibility index (Phi) is 5.21. The molecule has 3 aromatic rings. The van der Waals surface area contributed by atoms with Crippen molar-refractivity contribution in [3.63, 3.8) is 0 Å². The summed E-state index contributed by atoms with van der Waals surface area (Å²) in [4.78, 5) is 20.3. The van der Waals surface area contributed by atoms with Crippen molar-refractivity contribution in [3.05, 3.63) is 30.2 Å². The Hall–Kier alpha value is -3.62. The minimum Gasteiger partial charge on any atom is -0.467 e. The SMILES string of the molecule is O=C(NC12CC(C1)C2)O[C@@H]1CO[C@H](c2cc(Nc3nccc4nc(OCC(F)(F)F)cn34)n[nH]2)[C@H]1F. The van der Waals surface area contributed by atoms with Gasteiger partial charge in [0.15, 0.2) is 24.7 Å². The van der Waals surface area contributed by atoms with Crippen molar-refractivity contribution in [1.29, 1.82) is 0 Å². The maximum atomic E-state index is 15.0. The number of fused-ring (bicyclic) bond motifs is 1. The molecule has 4 aliphatic rings. The Balaban J connectivity index is 1.09. The van der Waals surface area contributed by atoms with Crippen LogP contribution >= 0.6 is 0 Å². The summed E-state index contributed by atoms with van der Waals surface area (Å²) in [6.45, 7) is -1.58. The molecule has 0 aromatic carbocycles. The van der Waals surface area contributed by atoms with Crippen LogP contribution in [0.3, 0.4) is 0 Å². The predicted octanol–water partition coefficient (Wildman–Crippen LogP) is 3.19. The first-order valence-electron chi connectivity index (χ1n) is 11.3. The molecule has 1 saturated heterocycles. The third-order valence-electron chi connectivity index (χ3n) is 6.64. The quantitative estimate of drug-likeness (QED) is 0.413. The van der Waals surface area contributed by atoms with Crippen molar-refractivity contribution >= 4 is 23.5 Å². The predicted molar refractivity (Wildman–Crippen MR) is 113 cm³/mol. The summed E-state index contributed by atoms with van der Waals surface area (Å²) in [6.07, 6.45) is -3.35. The number of alkyl carbamates (subject to hydrolysis) is 1. The van der Waals surface area contributed by atoms with E-state index in [1.807, 2.05) is 0 Å². The van der Waals surface area contributed by atoms with Gasteiger partial charge in [-0.25, -0.2) is 14.2 Å². The van der Waals surface area contributed by atoms with Crippen molar-refractivity contribution in [2.24, 2.45) is 5.92 Å². The normalized spacial score (nSPS) is 28.9. The van der Waals surface area contributed by atoms with E-state index in [1.165, 1.54) is 28.9 Å². The van der Waals surface area contributed by atoms with Crippen LogP contribution in [0.4, 0.5) is 34.1 Å². The number of anilines is 2. The Labute approximate surface area is 200 Å². The number of hydrogen-bond donors (Lipinski definition) is 3. The molecule has 4 heterocycles. The fourth-order valence-electron chi connectivity index (χ4n) is 4.83.